The Hall–Kier alpha value is -4.36. The van der Waals surface area contributed by atoms with Gasteiger partial charge < -0.3 is 5.32 Å². The van der Waals surface area contributed by atoms with Gasteiger partial charge in [-0.15, -0.1) is 0 Å². The number of rotatable bonds is 0. The van der Waals surface area contributed by atoms with E-state index in [2.05, 4.69) is 128 Å². The van der Waals surface area contributed by atoms with Crippen LogP contribution >= 0.6 is 0 Å². The summed E-state index contributed by atoms with van der Waals surface area (Å²) in [7, 11) is 0. The molecule has 6 aromatic rings. The van der Waals surface area contributed by atoms with E-state index in [0.717, 1.165) is 0 Å². The number of hydrogen-bond acceptors (Lipinski definition) is 1. The molecule has 0 unspecified atom stereocenters. The molecule has 0 bridgehead atoms. The van der Waals surface area contributed by atoms with Crippen LogP contribution in [-0.4, -0.2) is 0 Å². The third-order valence-electron chi connectivity index (χ3n) is 8.05. The van der Waals surface area contributed by atoms with Crippen LogP contribution in [-0.2, 0) is 5.41 Å². The molecule has 0 saturated carbocycles. The highest BCUT2D eigenvalue weighted by atomic mass is 14.9. The van der Waals surface area contributed by atoms with Crippen LogP contribution in [0.4, 0.5) is 11.4 Å². The van der Waals surface area contributed by atoms with Gasteiger partial charge in [-0.3, -0.25) is 0 Å². The lowest BCUT2D eigenvalue weighted by Crippen LogP contribution is -2.33. The van der Waals surface area contributed by atoms with Gasteiger partial charge in [0.2, 0.25) is 0 Å². The van der Waals surface area contributed by atoms with Crippen LogP contribution in [0.25, 0.3) is 32.7 Å². The van der Waals surface area contributed by atoms with Gasteiger partial charge >= 0.3 is 0 Å². The van der Waals surface area contributed by atoms with Crippen molar-refractivity contribution in [1.82, 2.24) is 0 Å². The number of hydrogen-bond donors (Lipinski definition) is 1. The molecule has 1 nitrogen and oxygen atoms in total. The topological polar surface area (TPSA) is 12.0 Å². The highest BCUT2D eigenvalue weighted by molar-refractivity contribution is 6.00. The molecular formula is C34H23N. The van der Waals surface area contributed by atoms with Gasteiger partial charge in [0.1, 0.15) is 0 Å². The summed E-state index contributed by atoms with van der Waals surface area (Å²) < 4.78 is 0. The second kappa shape index (κ2) is 6.61. The third-order valence-corrected chi connectivity index (χ3v) is 8.05. The summed E-state index contributed by atoms with van der Waals surface area (Å²) >= 11 is 0. The van der Waals surface area contributed by atoms with Crippen LogP contribution in [0.5, 0.6) is 0 Å². The number of fused-ring (bicyclic) bond motifs is 11. The molecule has 0 atom stereocenters. The van der Waals surface area contributed by atoms with Crippen LogP contribution < -0.4 is 5.32 Å². The third kappa shape index (κ3) is 2.38. The van der Waals surface area contributed by atoms with Crippen molar-refractivity contribution in [3.05, 3.63) is 143 Å². The second-order valence-corrected chi connectivity index (χ2v) is 9.96. The molecule has 0 saturated heterocycles. The zero-order valence-corrected chi connectivity index (χ0v) is 19.5. The Labute approximate surface area is 204 Å². The van der Waals surface area contributed by atoms with Crippen molar-refractivity contribution in [1.29, 1.82) is 0 Å². The highest BCUT2D eigenvalue weighted by Crippen LogP contribution is 2.61. The van der Waals surface area contributed by atoms with E-state index in [1.54, 1.807) is 0 Å². The summed E-state index contributed by atoms with van der Waals surface area (Å²) in [6.07, 6.45) is 0. The Bertz CT molecular complexity index is 1760. The predicted octanol–water partition coefficient (Wildman–Crippen LogP) is 8.72. The summed E-state index contributed by atoms with van der Waals surface area (Å²) in [6.45, 7) is 2.21. The summed E-state index contributed by atoms with van der Waals surface area (Å²) in [6, 6.07) is 42.9. The maximum atomic E-state index is 3.85. The van der Waals surface area contributed by atoms with Crippen molar-refractivity contribution in [2.75, 3.05) is 5.32 Å². The van der Waals surface area contributed by atoms with Crippen LogP contribution in [0, 0.1) is 6.92 Å². The molecule has 1 heteroatoms. The van der Waals surface area contributed by atoms with Gasteiger partial charge in [-0.25, -0.2) is 0 Å². The Morgan fingerprint density at radius 3 is 1.60 bits per heavy atom. The van der Waals surface area contributed by atoms with E-state index in [4.69, 9.17) is 0 Å². The molecule has 0 amide bonds. The summed E-state index contributed by atoms with van der Waals surface area (Å²) in [5.74, 6) is 0. The molecule has 1 aliphatic carbocycles. The molecule has 0 aromatic heterocycles. The SMILES string of the molecule is Cc1ccc2c(c1)C1(c3cc4ccccc4cc3Nc3cc4ccccc4cc31)c1ccccc1-2. The minimum absolute atomic E-state index is 0.373. The van der Waals surface area contributed by atoms with E-state index in [9.17, 15) is 0 Å². The zero-order chi connectivity index (χ0) is 23.1. The minimum Gasteiger partial charge on any atom is -0.355 e. The van der Waals surface area contributed by atoms with E-state index in [-0.39, 0.29) is 5.41 Å². The predicted molar refractivity (Wildman–Crippen MR) is 147 cm³/mol. The van der Waals surface area contributed by atoms with E-state index >= 15 is 0 Å². The Morgan fingerprint density at radius 2 is 0.971 bits per heavy atom. The van der Waals surface area contributed by atoms with Crippen LogP contribution in [0.3, 0.4) is 0 Å². The largest absolute Gasteiger partial charge is 0.355 e. The molecule has 35 heavy (non-hydrogen) atoms. The van der Waals surface area contributed by atoms with Gasteiger partial charge in [0.15, 0.2) is 0 Å². The lowest BCUT2D eigenvalue weighted by Gasteiger charge is -2.41. The van der Waals surface area contributed by atoms with Crippen molar-refractivity contribution < 1.29 is 0 Å². The van der Waals surface area contributed by atoms with Crippen LogP contribution in [0.1, 0.15) is 27.8 Å². The molecule has 164 valence electrons. The average molecular weight is 446 g/mol. The smallest absolute Gasteiger partial charge is 0.0754 e. The van der Waals surface area contributed by atoms with Crippen LogP contribution in [0.2, 0.25) is 0 Å². The van der Waals surface area contributed by atoms with Gasteiger partial charge in [0, 0.05) is 11.4 Å². The maximum absolute atomic E-state index is 3.85. The molecule has 6 aromatic carbocycles. The first-order chi connectivity index (χ1) is 17.2. The number of benzene rings is 6. The summed E-state index contributed by atoms with van der Waals surface area (Å²) in [5.41, 5.74) is 11.4. The Kier molecular flexibility index (Phi) is 3.59. The Morgan fingerprint density at radius 1 is 0.457 bits per heavy atom. The zero-order valence-electron chi connectivity index (χ0n) is 19.5. The first-order valence-electron chi connectivity index (χ1n) is 12.3. The van der Waals surface area contributed by atoms with Crippen molar-refractivity contribution in [3.63, 3.8) is 0 Å². The van der Waals surface area contributed by atoms with E-state index < -0.39 is 0 Å². The first kappa shape index (κ1) is 19.0. The number of aryl methyl sites for hydroxylation is 1. The van der Waals surface area contributed by atoms with E-state index in [1.807, 2.05) is 0 Å². The lowest BCUT2D eigenvalue weighted by atomic mass is 9.64. The highest BCUT2D eigenvalue weighted by Gasteiger charge is 2.50. The molecular weight excluding hydrogens is 422 g/mol. The average Bonchev–Trinajstić information content (AvgIpc) is 3.17. The number of anilines is 2. The molecule has 1 heterocycles. The molecule has 1 aliphatic heterocycles. The fourth-order valence-electron chi connectivity index (χ4n) is 6.57. The second-order valence-electron chi connectivity index (χ2n) is 9.96. The fourth-order valence-corrected chi connectivity index (χ4v) is 6.57. The monoisotopic (exact) mass is 445 g/mol. The fraction of sp³-hybridized carbons (Fsp3) is 0.0588. The van der Waals surface area contributed by atoms with Gasteiger partial charge in [-0.1, -0.05) is 96.6 Å². The summed E-state index contributed by atoms with van der Waals surface area (Å²) in [5, 5.41) is 8.92. The van der Waals surface area contributed by atoms with Crippen molar-refractivity contribution >= 4 is 32.9 Å². The Balaban J connectivity index is 1.61. The molecule has 8 rings (SSSR count). The van der Waals surface area contributed by atoms with Gasteiger partial charge in [-0.2, -0.15) is 0 Å². The van der Waals surface area contributed by atoms with Crippen molar-refractivity contribution in [2.24, 2.45) is 0 Å². The molecule has 0 fully saturated rings. The molecule has 1 N–H and O–H groups in total. The van der Waals surface area contributed by atoms with Crippen molar-refractivity contribution in [2.45, 2.75) is 12.3 Å². The first-order valence-corrected chi connectivity index (χ1v) is 12.3. The minimum atomic E-state index is -0.373. The van der Waals surface area contributed by atoms with E-state index in [0.29, 0.717) is 0 Å². The van der Waals surface area contributed by atoms with Crippen molar-refractivity contribution in [3.8, 4) is 11.1 Å². The molecule has 1 spiro atoms. The normalized spacial score (nSPS) is 14.3. The van der Waals surface area contributed by atoms with Gasteiger partial charge in [0.05, 0.1) is 5.41 Å². The standard InChI is InChI=1S/C34H23N/c1-21-14-15-27-26-12-6-7-13-28(26)34(29(27)16-21)30-17-22-8-2-4-10-24(22)19-32(30)35-33-20-25-11-5-3-9-23(25)18-31(33)34/h2-20,35H,1H3. The van der Waals surface area contributed by atoms with E-state index in [1.165, 1.54) is 71.9 Å². The molecule has 2 aliphatic rings. The van der Waals surface area contributed by atoms with Gasteiger partial charge in [0.25, 0.3) is 0 Å². The number of nitrogens with one attached hydrogen (secondary N) is 1. The summed E-state index contributed by atoms with van der Waals surface area (Å²) in [4.78, 5) is 0. The quantitative estimate of drug-likeness (QED) is 0.246. The maximum Gasteiger partial charge on any atom is 0.0754 e. The van der Waals surface area contributed by atoms with Gasteiger partial charge in [-0.05, 0) is 86.1 Å². The van der Waals surface area contributed by atoms with Crippen LogP contribution in [0.15, 0.2) is 115 Å². The lowest BCUT2D eigenvalue weighted by molar-refractivity contribution is 0.765. The molecule has 0 radical (unpaired) electrons.